The largest absolute Gasteiger partial charge is 0.454 e. The molecule has 7 rings (SSSR count). The maximum Gasteiger partial charge on any atom is 0.216 e. The third kappa shape index (κ3) is 3.44. The monoisotopic (exact) mass is 527 g/mol. The number of benzene rings is 3. The van der Waals surface area contributed by atoms with E-state index in [2.05, 4.69) is 94.9 Å². The number of pyridine rings is 1. The van der Waals surface area contributed by atoms with Crippen LogP contribution in [0.15, 0.2) is 59.1 Å². The van der Waals surface area contributed by atoms with Crippen LogP contribution in [0.2, 0.25) is 0 Å². The van der Waals surface area contributed by atoms with Gasteiger partial charge in [0.05, 0.1) is 28.4 Å². The maximum atomic E-state index is 10.4. The van der Waals surface area contributed by atoms with Gasteiger partial charge in [0.1, 0.15) is 18.2 Å². The predicted molar refractivity (Wildman–Crippen MR) is 159 cm³/mol. The molecule has 200 valence electrons. The van der Waals surface area contributed by atoms with E-state index >= 15 is 0 Å². The Labute approximate surface area is 235 Å². The van der Waals surface area contributed by atoms with Crippen LogP contribution in [0.1, 0.15) is 73.9 Å². The first-order valence-corrected chi connectivity index (χ1v) is 14.4. The molecule has 0 radical (unpaired) electrons. The molecule has 3 heterocycles. The average molecular weight is 528 g/mol. The number of hydrogen-bond donors (Lipinski definition) is 0. The lowest BCUT2D eigenvalue weighted by atomic mass is 9.75. The molecule has 0 unspecified atom stereocenters. The Balaban J connectivity index is 1.63. The van der Waals surface area contributed by atoms with E-state index in [9.17, 15) is 5.26 Å². The minimum Gasteiger partial charge on any atom is -0.454 e. The minimum atomic E-state index is -0.499. The van der Waals surface area contributed by atoms with Gasteiger partial charge in [0.25, 0.3) is 0 Å². The summed E-state index contributed by atoms with van der Waals surface area (Å²) in [7, 11) is 2.07. The molecule has 0 saturated heterocycles. The summed E-state index contributed by atoms with van der Waals surface area (Å²) in [6.45, 7) is 10.9. The smallest absolute Gasteiger partial charge is 0.216 e. The number of nitriles is 1. The normalized spacial score (nSPS) is 17.1. The second kappa shape index (κ2) is 8.53. The lowest BCUT2D eigenvalue weighted by molar-refractivity contribution is -0.660. The standard InChI is InChI=1S/C36H35N2O2/c1-21-14-16-25-26-17-15-23(20-37)30(34(26)39-33(25)29(21)28-13-9-10-18-38(28)6)27-19-22-11-7-8-12-24(22)31-32(27)36(4,5)40-35(31,2)3/h9-10,13-19H,7-8,11-12H2,1-6H3/q+1. The molecule has 4 nitrogen and oxygen atoms in total. The number of aromatic nitrogens is 1. The fourth-order valence-electron chi connectivity index (χ4n) is 7.60. The quantitative estimate of drug-likeness (QED) is 0.217. The summed E-state index contributed by atoms with van der Waals surface area (Å²) in [6, 6.07) is 19.5. The molecule has 1 aliphatic carbocycles. The molecule has 3 aromatic carbocycles. The highest BCUT2D eigenvalue weighted by Crippen LogP contribution is 2.55. The van der Waals surface area contributed by atoms with Crippen LogP contribution < -0.4 is 4.57 Å². The zero-order chi connectivity index (χ0) is 28.0. The van der Waals surface area contributed by atoms with E-state index in [1.54, 1.807) is 0 Å². The lowest BCUT2D eigenvalue weighted by Crippen LogP contribution is -2.30. The summed E-state index contributed by atoms with van der Waals surface area (Å²) in [4.78, 5) is 0. The van der Waals surface area contributed by atoms with Crippen LogP contribution in [0.5, 0.6) is 0 Å². The van der Waals surface area contributed by atoms with E-state index in [1.807, 2.05) is 12.1 Å². The van der Waals surface area contributed by atoms with Gasteiger partial charge in [-0.1, -0.05) is 18.2 Å². The number of rotatable bonds is 2. The van der Waals surface area contributed by atoms with Crippen molar-refractivity contribution in [3.8, 4) is 28.5 Å². The molecule has 2 aromatic heterocycles. The number of ether oxygens (including phenoxy) is 1. The van der Waals surface area contributed by atoms with Crippen molar-refractivity contribution < 1.29 is 13.7 Å². The highest BCUT2D eigenvalue weighted by molar-refractivity contribution is 6.14. The number of nitrogens with zero attached hydrogens (tertiary/aromatic N) is 2. The number of hydrogen-bond acceptors (Lipinski definition) is 3. The van der Waals surface area contributed by atoms with Gasteiger partial charge in [0.15, 0.2) is 6.20 Å². The first-order chi connectivity index (χ1) is 19.1. The van der Waals surface area contributed by atoms with Crippen molar-refractivity contribution in [2.24, 2.45) is 7.05 Å². The van der Waals surface area contributed by atoms with Crippen LogP contribution in [0.25, 0.3) is 44.3 Å². The van der Waals surface area contributed by atoms with Gasteiger partial charge in [-0.25, -0.2) is 4.57 Å². The van der Waals surface area contributed by atoms with Crippen molar-refractivity contribution in [3.63, 3.8) is 0 Å². The fourth-order valence-corrected chi connectivity index (χ4v) is 7.60. The van der Waals surface area contributed by atoms with Gasteiger partial charge in [0, 0.05) is 28.5 Å². The maximum absolute atomic E-state index is 10.4. The molecule has 5 aromatic rings. The van der Waals surface area contributed by atoms with Gasteiger partial charge in [0.2, 0.25) is 5.69 Å². The van der Waals surface area contributed by atoms with Crippen LogP contribution >= 0.6 is 0 Å². The Hall–Kier alpha value is -3.94. The van der Waals surface area contributed by atoms with Crippen molar-refractivity contribution in [2.75, 3.05) is 0 Å². The van der Waals surface area contributed by atoms with Crippen molar-refractivity contribution >= 4 is 21.9 Å². The van der Waals surface area contributed by atoms with Crippen molar-refractivity contribution in [1.29, 1.82) is 5.26 Å². The molecule has 0 N–H and O–H groups in total. The molecule has 0 bridgehead atoms. The summed E-state index contributed by atoms with van der Waals surface area (Å²) in [6.07, 6.45) is 6.59. The molecule has 0 spiro atoms. The van der Waals surface area contributed by atoms with Crippen molar-refractivity contribution in [2.45, 2.75) is 71.5 Å². The number of aryl methyl sites for hydroxylation is 3. The Bertz CT molecular complexity index is 1920. The summed E-state index contributed by atoms with van der Waals surface area (Å²) in [5.41, 5.74) is 12.0. The number of fused-ring (bicyclic) bond motifs is 6. The van der Waals surface area contributed by atoms with Crippen LogP contribution in [-0.2, 0) is 35.8 Å². The summed E-state index contributed by atoms with van der Waals surface area (Å²) >= 11 is 0. The van der Waals surface area contributed by atoms with Crippen LogP contribution in [0, 0.1) is 18.3 Å². The fraction of sp³-hybridized carbons (Fsp3) is 0.333. The molecular weight excluding hydrogens is 492 g/mol. The summed E-state index contributed by atoms with van der Waals surface area (Å²) in [5, 5.41) is 12.5. The molecule has 0 saturated carbocycles. The van der Waals surface area contributed by atoms with Gasteiger partial charge in [-0.2, -0.15) is 5.26 Å². The second-order valence-electron chi connectivity index (χ2n) is 12.6. The van der Waals surface area contributed by atoms with E-state index in [-0.39, 0.29) is 0 Å². The molecule has 0 atom stereocenters. The average Bonchev–Trinajstić information content (AvgIpc) is 3.39. The third-order valence-corrected chi connectivity index (χ3v) is 9.08. The molecule has 2 aliphatic rings. The highest BCUT2D eigenvalue weighted by atomic mass is 16.5. The Kier molecular flexibility index (Phi) is 5.34. The van der Waals surface area contributed by atoms with Crippen molar-refractivity contribution in [3.05, 3.63) is 88.1 Å². The van der Waals surface area contributed by atoms with Crippen LogP contribution in [0.3, 0.4) is 0 Å². The van der Waals surface area contributed by atoms with Gasteiger partial charge >= 0.3 is 0 Å². The van der Waals surface area contributed by atoms with E-state index in [4.69, 9.17) is 9.15 Å². The van der Waals surface area contributed by atoms with Gasteiger partial charge in [-0.05, 0) is 112 Å². The zero-order valence-electron chi connectivity index (χ0n) is 24.2. The summed E-state index contributed by atoms with van der Waals surface area (Å²) in [5.74, 6) is 0. The summed E-state index contributed by atoms with van der Waals surface area (Å²) < 4.78 is 15.8. The van der Waals surface area contributed by atoms with Gasteiger partial charge < -0.3 is 9.15 Å². The predicted octanol–water partition coefficient (Wildman–Crippen LogP) is 8.30. The van der Waals surface area contributed by atoms with Crippen LogP contribution in [-0.4, -0.2) is 0 Å². The Morgan fingerprint density at radius 3 is 2.30 bits per heavy atom. The van der Waals surface area contributed by atoms with Crippen molar-refractivity contribution in [1.82, 2.24) is 0 Å². The SMILES string of the molecule is Cc1ccc2c(oc3c(-c4cc5c(c6c4C(C)(C)OC6(C)C)CCCC5)c(C#N)ccc32)c1-c1cccc[n+]1C. The molecular formula is C36H35N2O2+. The molecule has 1 aliphatic heterocycles. The molecule has 0 amide bonds. The zero-order valence-corrected chi connectivity index (χ0v) is 24.2. The van der Waals surface area contributed by atoms with Crippen LogP contribution in [0.4, 0.5) is 0 Å². The minimum absolute atomic E-state index is 0.406. The Morgan fingerprint density at radius 2 is 1.55 bits per heavy atom. The lowest BCUT2D eigenvalue weighted by Gasteiger charge is -2.27. The second-order valence-corrected chi connectivity index (χ2v) is 12.6. The van der Waals surface area contributed by atoms with E-state index in [1.165, 1.54) is 35.1 Å². The molecule has 0 fully saturated rings. The third-order valence-electron chi connectivity index (χ3n) is 9.08. The van der Waals surface area contributed by atoms with E-state index < -0.39 is 11.2 Å². The first kappa shape index (κ1) is 25.1. The molecule has 40 heavy (non-hydrogen) atoms. The Morgan fingerprint density at radius 1 is 0.850 bits per heavy atom. The molecule has 4 heteroatoms. The highest BCUT2D eigenvalue weighted by Gasteiger charge is 2.47. The van der Waals surface area contributed by atoms with E-state index in [0.29, 0.717) is 5.56 Å². The van der Waals surface area contributed by atoms with Gasteiger partial charge in [-0.3, -0.25) is 0 Å². The number of furan rings is 1. The van der Waals surface area contributed by atoms with E-state index in [0.717, 1.165) is 62.7 Å². The topological polar surface area (TPSA) is 50.0 Å². The van der Waals surface area contributed by atoms with Gasteiger partial charge in [-0.15, -0.1) is 0 Å². The first-order valence-electron chi connectivity index (χ1n) is 14.4.